The summed E-state index contributed by atoms with van der Waals surface area (Å²) in [5, 5.41) is 3.35. The lowest BCUT2D eigenvalue weighted by Gasteiger charge is -2.16. The maximum atomic E-state index is 5.65. The van der Waals surface area contributed by atoms with E-state index >= 15 is 0 Å². The van der Waals surface area contributed by atoms with E-state index < -0.39 is 0 Å². The maximum Gasteiger partial charge on any atom is 0.0594 e. The van der Waals surface area contributed by atoms with Crippen LogP contribution in [0.15, 0.2) is 0 Å². The molecular formula is C13H29NO2. The van der Waals surface area contributed by atoms with Crippen LogP contribution in [-0.2, 0) is 9.47 Å². The summed E-state index contributed by atoms with van der Waals surface area (Å²) in [7, 11) is 0. The summed E-state index contributed by atoms with van der Waals surface area (Å²) >= 11 is 0. The lowest BCUT2D eigenvalue weighted by atomic mass is 10.1. The van der Waals surface area contributed by atoms with E-state index in [2.05, 4.69) is 39.9 Å². The van der Waals surface area contributed by atoms with Crippen molar-refractivity contribution in [2.75, 3.05) is 26.3 Å². The Balaban J connectivity index is 3.10. The van der Waals surface area contributed by atoms with Gasteiger partial charge in [0.05, 0.1) is 18.8 Å². The molecule has 1 atom stereocenters. The molecule has 0 aromatic rings. The van der Waals surface area contributed by atoms with Gasteiger partial charge in [0.1, 0.15) is 0 Å². The average Bonchev–Trinajstić information content (AvgIpc) is 2.21. The van der Waals surface area contributed by atoms with Gasteiger partial charge in [-0.1, -0.05) is 13.8 Å². The van der Waals surface area contributed by atoms with Crippen LogP contribution in [0.5, 0.6) is 0 Å². The second kappa shape index (κ2) is 10.1. The molecule has 0 rings (SSSR count). The van der Waals surface area contributed by atoms with Gasteiger partial charge in [-0.15, -0.1) is 0 Å². The molecular weight excluding hydrogens is 202 g/mol. The molecule has 3 nitrogen and oxygen atoms in total. The van der Waals surface area contributed by atoms with E-state index in [4.69, 9.17) is 9.47 Å². The van der Waals surface area contributed by atoms with Crippen LogP contribution in [0.25, 0.3) is 0 Å². The van der Waals surface area contributed by atoms with Crippen molar-refractivity contribution in [3.8, 4) is 0 Å². The van der Waals surface area contributed by atoms with Crippen molar-refractivity contribution in [1.29, 1.82) is 0 Å². The average molecular weight is 231 g/mol. The molecule has 0 radical (unpaired) electrons. The number of ether oxygens (including phenoxy) is 2. The van der Waals surface area contributed by atoms with Gasteiger partial charge in [-0.3, -0.25) is 0 Å². The van der Waals surface area contributed by atoms with E-state index in [9.17, 15) is 0 Å². The Bertz CT molecular complexity index is 149. The number of rotatable bonds is 10. The molecule has 16 heavy (non-hydrogen) atoms. The molecule has 0 aromatic heterocycles. The molecule has 1 N–H and O–H groups in total. The molecule has 0 aromatic carbocycles. The monoisotopic (exact) mass is 231 g/mol. The zero-order valence-electron chi connectivity index (χ0n) is 11.6. The highest BCUT2D eigenvalue weighted by Gasteiger charge is 2.05. The lowest BCUT2D eigenvalue weighted by molar-refractivity contribution is 0.0367. The Labute approximate surface area is 101 Å². The van der Waals surface area contributed by atoms with E-state index in [1.807, 2.05) is 0 Å². The van der Waals surface area contributed by atoms with Crippen molar-refractivity contribution in [3.05, 3.63) is 0 Å². The van der Waals surface area contributed by atoms with Gasteiger partial charge in [0, 0.05) is 13.2 Å². The SMILES string of the molecule is CC(C)OCCCNCCOC(C)C(C)C. The summed E-state index contributed by atoms with van der Waals surface area (Å²) < 4.78 is 11.1. The first-order chi connectivity index (χ1) is 7.54. The molecule has 0 aliphatic carbocycles. The van der Waals surface area contributed by atoms with E-state index in [-0.39, 0.29) is 0 Å². The molecule has 0 saturated heterocycles. The Morgan fingerprint density at radius 1 is 0.875 bits per heavy atom. The summed E-state index contributed by atoms with van der Waals surface area (Å²) in [6.07, 6.45) is 1.76. The topological polar surface area (TPSA) is 30.5 Å². The van der Waals surface area contributed by atoms with E-state index in [1.165, 1.54) is 0 Å². The Kier molecular flexibility index (Phi) is 9.99. The second-order valence-corrected chi connectivity index (χ2v) is 4.84. The van der Waals surface area contributed by atoms with Crippen LogP contribution in [0, 0.1) is 5.92 Å². The fourth-order valence-corrected chi connectivity index (χ4v) is 1.15. The van der Waals surface area contributed by atoms with Crippen molar-refractivity contribution < 1.29 is 9.47 Å². The third-order valence-electron chi connectivity index (χ3n) is 2.55. The van der Waals surface area contributed by atoms with Gasteiger partial charge in [0.25, 0.3) is 0 Å². The summed E-state index contributed by atoms with van der Waals surface area (Å²) in [6.45, 7) is 14.2. The molecule has 0 spiro atoms. The smallest absolute Gasteiger partial charge is 0.0594 e. The van der Waals surface area contributed by atoms with E-state index in [0.717, 1.165) is 32.7 Å². The van der Waals surface area contributed by atoms with Crippen LogP contribution in [0.4, 0.5) is 0 Å². The summed E-state index contributed by atoms with van der Waals surface area (Å²) in [6, 6.07) is 0. The molecule has 0 heterocycles. The first-order valence-electron chi connectivity index (χ1n) is 6.48. The lowest BCUT2D eigenvalue weighted by Crippen LogP contribution is -2.25. The standard InChI is InChI=1S/C13H29NO2/c1-11(2)13(5)16-10-8-14-7-6-9-15-12(3)4/h11-14H,6-10H2,1-5H3. The molecule has 0 bridgehead atoms. The van der Waals surface area contributed by atoms with Gasteiger partial charge in [-0.05, 0) is 39.7 Å². The molecule has 3 heteroatoms. The predicted octanol–water partition coefficient (Wildman–Crippen LogP) is 2.45. The van der Waals surface area contributed by atoms with Gasteiger partial charge < -0.3 is 14.8 Å². The fraction of sp³-hybridized carbons (Fsp3) is 1.00. The minimum Gasteiger partial charge on any atom is -0.379 e. The van der Waals surface area contributed by atoms with Crippen LogP contribution >= 0.6 is 0 Å². The highest BCUT2D eigenvalue weighted by molar-refractivity contribution is 4.55. The molecule has 0 fully saturated rings. The molecule has 0 saturated carbocycles. The minimum absolute atomic E-state index is 0.343. The fourth-order valence-electron chi connectivity index (χ4n) is 1.15. The van der Waals surface area contributed by atoms with Gasteiger partial charge in [0.2, 0.25) is 0 Å². The molecule has 1 unspecified atom stereocenters. The second-order valence-electron chi connectivity index (χ2n) is 4.84. The zero-order chi connectivity index (χ0) is 12.4. The Hall–Kier alpha value is -0.120. The van der Waals surface area contributed by atoms with Gasteiger partial charge >= 0.3 is 0 Å². The van der Waals surface area contributed by atoms with Crippen molar-refractivity contribution >= 4 is 0 Å². The summed E-state index contributed by atoms with van der Waals surface area (Å²) in [5.41, 5.74) is 0. The van der Waals surface area contributed by atoms with Gasteiger partial charge in [-0.2, -0.15) is 0 Å². The van der Waals surface area contributed by atoms with Crippen molar-refractivity contribution in [2.24, 2.45) is 5.92 Å². The summed E-state index contributed by atoms with van der Waals surface area (Å²) in [5.74, 6) is 0.597. The van der Waals surface area contributed by atoms with Gasteiger partial charge in [0.15, 0.2) is 0 Å². The van der Waals surface area contributed by atoms with Gasteiger partial charge in [-0.25, -0.2) is 0 Å². The molecule has 0 aliphatic heterocycles. The molecule has 98 valence electrons. The zero-order valence-corrected chi connectivity index (χ0v) is 11.6. The van der Waals surface area contributed by atoms with Crippen LogP contribution < -0.4 is 5.32 Å². The highest BCUT2D eigenvalue weighted by atomic mass is 16.5. The predicted molar refractivity (Wildman–Crippen MR) is 68.8 cm³/mol. The van der Waals surface area contributed by atoms with Crippen molar-refractivity contribution in [2.45, 2.75) is 53.2 Å². The van der Waals surface area contributed by atoms with Crippen LogP contribution in [0.2, 0.25) is 0 Å². The van der Waals surface area contributed by atoms with E-state index in [1.54, 1.807) is 0 Å². The number of nitrogens with one attached hydrogen (secondary N) is 1. The first kappa shape index (κ1) is 15.9. The highest BCUT2D eigenvalue weighted by Crippen LogP contribution is 2.03. The first-order valence-corrected chi connectivity index (χ1v) is 6.48. The quantitative estimate of drug-likeness (QED) is 0.586. The number of hydrogen-bond acceptors (Lipinski definition) is 3. The van der Waals surface area contributed by atoms with Crippen LogP contribution in [0.3, 0.4) is 0 Å². The van der Waals surface area contributed by atoms with Crippen LogP contribution in [0.1, 0.15) is 41.0 Å². The molecule has 0 aliphatic rings. The maximum absolute atomic E-state index is 5.65. The third-order valence-corrected chi connectivity index (χ3v) is 2.55. The normalized spacial score (nSPS) is 13.7. The minimum atomic E-state index is 0.343. The third kappa shape index (κ3) is 10.4. The van der Waals surface area contributed by atoms with Crippen LogP contribution in [-0.4, -0.2) is 38.5 Å². The number of hydrogen-bond donors (Lipinski definition) is 1. The summed E-state index contributed by atoms with van der Waals surface area (Å²) in [4.78, 5) is 0. The van der Waals surface area contributed by atoms with E-state index in [0.29, 0.717) is 18.1 Å². The van der Waals surface area contributed by atoms with Crippen molar-refractivity contribution in [1.82, 2.24) is 5.32 Å². The Morgan fingerprint density at radius 3 is 2.12 bits per heavy atom. The largest absolute Gasteiger partial charge is 0.379 e. The molecule has 0 amide bonds. The van der Waals surface area contributed by atoms with Crippen molar-refractivity contribution in [3.63, 3.8) is 0 Å². The Morgan fingerprint density at radius 2 is 1.56 bits per heavy atom.